The molecule has 0 aliphatic carbocycles. The zero-order valence-corrected chi connectivity index (χ0v) is 8.16. The van der Waals surface area contributed by atoms with Crippen molar-refractivity contribution in [1.82, 2.24) is 0 Å². The Balaban J connectivity index is 2.55. The van der Waals surface area contributed by atoms with Crippen LogP contribution in [0.4, 0.5) is 5.69 Å². The molecular weight excluding hydrogens is 186 g/mol. The smallest absolute Gasteiger partial charge is 0.0582 e. The van der Waals surface area contributed by atoms with E-state index in [0.717, 1.165) is 0 Å². The lowest BCUT2D eigenvalue weighted by Crippen LogP contribution is -1.91. The molecule has 62 valence electrons. The highest BCUT2D eigenvalue weighted by atomic mass is 32.1. The zero-order chi connectivity index (χ0) is 8.39. The SMILES string of the molecule is SCNc1csc2ccccc12. The highest BCUT2D eigenvalue weighted by Gasteiger charge is 1.99. The van der Waals surface area contributed by atoms with Gasteiger partial charge in [-0.1, -0.05) is 18.2 Å². The van der Waals surface area contributed by atoms with E-state index in [2.05, 4.69) is 47.6 Å². The fraction of sp³-hybridized carbons (Fsp3) is 0.111. The molecule has 3 heteroatoms. The first-order valence-corrected chi connectivity index (χ1v) is 5.24. The van der Waals surface area contributed by atoms with Crippen molar-refractivity contribution < 1.29 is 0 Å². The molecule has 0 aliphatic heterocycles. The summed E-state index contributed by atoms with van der Waals surface area (Å²) in [6.07, 6.45) is 0. The van der Waals surface area contributed by atoms with Gasteiger partial charge >= 0.3 is 0 Å². The van der Waals surface area contributed by atoms with Crippen LogP contribution in [0.1, 0.15) is 0 Å². The minimum atomic E-state index is 0.681. The van der Waals surface area contributed by atoms with Gasteiger partial charge in [-0.3, -0.25) is 0 Å². The maximum atomic E-state index is 4.13. The van der Waals surface area contributed by atoms with Gasteiger partial charge in [0.25, 0.3) is 0 Å². The maximum Gasteiger partial charge on any atom is 0.0582 e. The van der Waals surface area contributed by atoms with Gasteiger partial charge in [0.05, 0.1) is 11.6 Å². The van der Waals surface area contributed by atoms with E-state index in [0.29, 0.717) is 5.88 Å². The van der Waals surface area contributed by atoms with Crippen molar-refractivity contribution in [2.45, 2.75) is 0 Å². The molecule has 2 rings (SSSR count). The first-order chi connectivity index (χ1) is 5.92. The number of hydrogen-bond donors (Lipinski definition) is 2. The number of rotatable bonds is 2. The van der Waals surface area contributed by atoms with Crippen LogP contribution < -0.4 is 5.32 Å². The fourth-order valence-corrected chi connectivity index (χ4v) is 2.29. The Morgan fingerprint density at radius 2 is 2.17 bits per heavy atom. The molecule has 1 heterocycles. The summed E-state index contributed by atoms with van der Waals surface area (Å²) in [5, 5.41) is 6.62. The third-order valence-corrected chi connectivity index (χ3v) is 2.87. The van der Waals surface area contributed by atoms with E-state index in [1.54, 1.807) is 11.3 Å². The maximum absolute atomic E-state index is 4.13. The topological polar surface area (TPSA) is 12.0 Å². The highest BCUT2D eigenvalue weighted by molar-refractivity contribution is 7.80. The van der Waals surface area contributed by atoms with Crippen molar-refractivity contribution in [2.75, 3.05) is 11.2 Å². The molecule has 0 fully saturated rings. The van der Waals surface area contributed by atoms with Crippen LogP contribution in [0.2, 0.25) is 0 Å². The number of fused-ring (bicyclic) bond motifs is 1. The van der Waals surface area contributed by atoms with Crippen molar-refractivity contribution in [2.24, 2.45) is 0 Å². The second-order valence-electron chi connectivity index (χ2n) is 2.48. The molecule has 0 bridgehead atoms. The number of thiophene rings is 1. The monoisotopic (exact) mass is 195 g/mol. The highest BCUT2D eigenvalue weighted by Crippen LogP contribution is 2.29. The summed E-state index contributed by atoms with van der Waals surface area (Å²) in [6, 6.07) is 8.36. The third kappa shape index (κ3) is 1.30. The van der Waals surface area contributed by atoms with Gasteiger partial charge in [0.1, 0.15) is 0 Å². The lowest BCUT2D eigenvalue weighted by atomic mass is 10.2. The molecule has 1 aromatic heterocycles. The average Bonchev–Trinajstić information content (AvgIpc) is 2.50. The van der Waals surface area contributed by atoms with Crippen LogP contribution in [0.25, 0.3) is 10.1 Å². The lowest BCUT2D eigenvalue weighted by Gasteiger charge is -1.98. The van der Waals surface area contributed by atoms with E-state index in [9.17, 15) is 0 Å². The van der Waals surface area contributed by atoms with E-state index in [-0.39, 0.29) is 0 Å². The fourth-order valence-electron chi connectivity index (χ4n) is 1.20. The molecular formula is C9H9NS2. The molecule has 0 saturated carbocycles. The normalized spacial score (nSPS) is 10.4. The molecule has 2 aromatic rings. The molecule has 1 N–H and O–H groups in total. The van der Waals surface area contributed by atoms with Crippen LogP contribution in [-0.2, 0) is 0 Å². The predicted molar refractivity (Wildman–Crippen MR) is 59.3 cm³/mol. The van der Waals surface area contributed by atoms with E-state index < -0.39 is 0 Å². The molecule has 0 aliphatic rings. The van der Waals surface area contributed by atoms with Gasteiger partial charge in [-0.2, -0.15) is 12.6 Å². The summed E-state index contributed by atoms with van der Waals surface area (Å²) in [5.41, 5.74) is 1.19. The Labute approximate surface area is 80.8 Å². The van der Waals surface area contributed by atoms with E-state index in [1.165, 1.54) is 15.8 Å². The molecule has 0 unspecified atom stereocenters. The van der Waals surface area contributed by atoms with Crippen LogP contribution >= 0.6 is 24.0 Å². The largest absolute Gasteiger partial charge is 0.375 e. The molecule has 12 heavy (non-hydrogen) atoms. The van der Waals surface area contributed by atoms with Gasteiger partial charge in [0, 0.05) is 15.5 Å². The van der Waals surface area contributed by atoms with Gasteiger partial charge in [0.2, 0.25) is 0 Å². The summed E-state index contributed by atoms with van der Waals surface area (Å²) in [5.74, 6) is 0.681. The third-order valence-electron chi connectivity index (χ3n) is 1.75. The number of thiol groups is 1. The Morgan fingerprint density at radius 3 is 3.00 bits per heavy atom. The van der Waals surface area contributed by atoms with Crippen LogP contribution in [0.5, 0.6) is 0 Å². The predicted octanol–water partition coefficient (Wildman–Crippen LogP) is 3.20. The molecule has 1 nitrogen and oxygen atoms in total. The van der Waals surface area contributed by atoms with E-state index in [4.69, 9.17) is 0 Å². The number of nitrogens with one attached hydrogen (secondary N) is 1. The second-order valence-corrected chi connectivity index (χ2v) is 3.71. The van der Waals surface area contributed by atoms with Gasteiger partial charge in [0.15, 0.2) is 0 Å². The van der Waals surface area contributed by atoms with Crippen molar-refractivity contribution in [3.63, 3.8) is 0 Å². The van der Waals surface area contributed by atoms with Crippen LogP contribution in [-0.4, -0.2) is 5.88 Å². The van der Waals surface area contributed by atoms with E-state index in [1.807, 2.05) is 0 Å². The van der Waals surface area contributed by atoms with Gasteiger partial charge in [-0.15, -0.1) is 11.3 Å². The number of anilines is 1. The summed E-state index contributed by atoms with van der Waals surface area (Å²) in [4.78, 5) is 0. The van der Waals surface area contributed by atoms with Crippen LogP contribution in [0, 0.1) is 0 Å². The molecule has 0 saturated heterocycles. The first kappa shape index (κ1) is 7.95. The molecule has 0 radical (unpaired) electrons. The zero-order valence-electron chi connectivity index (χ0n) is 6.45. The van der Waals surface area contributed by atoms with Crippen molar-refractivity contribution >= 4 is 39.7 Å². The van der Waals surface area contributed by atoms with E-state index >= 15 is 0 Å². The summed E-state index contributed by atoms with van der Waals surface area (Å²) >= 11 is 5.88. The molecule has 0 spiro atoms. The number of hydrogen-bond acceptors (Lipinski definition) is 3. The Bertz CT molecular complexity index is 381. The molecule has 1 aromatic carbocycles. The van der Waals surface area contributed by atoms with Gasteiger partial charge in [-0.25, -0.2) is 0 Å². The lowest BCUT2D eigenvalue weighted by molar-refractivity contribution is 1.52. The Hall–Kier alpha value is -0.670. The first-order valence-electron chi connectivity index (χ1n) is 3.73. The minimum absolute atomic E-state index is 0.681. The second kappa shape index (κ2) is 3.37. The Morgan fingerprint density at radius 1 is 1.33 bits per heavy atom. The van der Waals surface area contributed by atoms with Crippen molar-refractivity contribution in [3.05, 3.63) is 29.6 Å². The number of benzene rings is 1. The standard InChI is InChI=1S/C9H9NS2/c11-6-10-8-5-12-9-4-2-1-3-7(8)9/h1-5,10-11H,6H2. The summed E-state index contributed by atoms with van der Waals surface area (Å²) < 4.78 is 1.32. The quantitative estimate of drug-likeness (QED) is 0.554. The van der Waals surface area contributed by atoms with Crippen molar-refractivity contribution in [3.8, 4) is 0 Å². The van der Waals surface area contributed by atoms with Gasteiger partial charge in [-0.05, 0) is 6.07 Å². The van der Waals surface area contributed by atoms with Crippen LogP contribution in [0.15, 0.2) is 29.6 Å². The van der Waals surface area contributed by atoms with Crippen molar-refractivity contribution in [1.29, 1.82) is 0 Å². The molecule has 0 amide bonds. The van der Waals surface area contributed by atoms with Crippen LogP contribution in [0.3, 0.4) is 0 Å². The average molecular weight is 195 g/mol. The Kier molecular flexibility index (Phi) is 2.23. The molecule has 0 atom stereocenters. The summed E-state index contributed by atoms with van der Waals surface area (Å²) in [6.45, 7) is 0. The summed E-state index contributed by atoms with van der Waals surface area (Å²) in [7, 11) is 0. The van der Waals surface area contributed by atoms with Gasteiger partial charge < -0.3 is 5.32 Å². The minimum Gasteiger partial charge on any atom is -0.375 e.